The summed E-state index contributed by atoms with van der Waals surface area (Å²) in [6.07, 6.45) is 5.02. The van der Waals surface area contributed by atoms with E-state index in [1.807, 2.05) is 24.3 Å². The van der Waals surface area contributed by atoms with Gasteiger partial charge >= 0.3 is 0 Å². The molecule has 2 aliphatic heterocycles. The Hall–Kier alpha value is -1.92. The average Bonchev–Trinajstić information content (AvgIpc) is 3.11. The van der Waals surface area contributed by atoms with Crippen LogP contribution in [0.15, 0.2) is 28.7 Å². The minimum atomic E-state index is 0.311. The second kappa shape index (κ2) is 7.76. The first-order valence-electron chi connectivity index (χ1n) is 9.29. The molecule has 0 radical (unpaired) electrons. The average molecular weight is 375 g/mol. The molecule has 7 heteroatoms. The topological polar surface area (TPSA) is 62.5 Å². The first kappa shape index (κ1) is 17.5. The van der Waals surface area contributed by atoms with Crippen molar-refractivity contribution in [2.75, 3.05) is 19.6 Å². The molecule has 2 saturated heterocycles. The number of nitrogens with zero attached hydrogens (tertiary/aromatic N) is 4. The highest BCUT2D eigenvalue weighted by Gasteiger charge is 2.30. The minimum Gasteiger partial charge on any atom is -0.419 e. The zero-order valence-electron chi connectivity index (χ0n) is 14.7. The highest BCUT2D eigenvalue weighted by atomic mass is 35.5. The molecule has 0 spiro atoms. The third kappa shape index (κ3) is 3.91. The standard InChI is InChI=1S/C19H23ClN4O2/c20-15-8-6-14(7-9-15)19-22-21-17(26-19)13-23-10-3-4-16(12-23)24-11-2-1-5-18(24)25/h6-9,16H,1-5,10-13H2. The summed E-state index contributed by atoms with van der Waals surface area (Å²) in [7, 11) is 0. The molecule has 26 heavy (non-hydrogen) atoms. The summed E-state index contributed by atoms with van der Waals surface area (Å²) in [5.74, 6) is 1.43. The monoisotopic (exact) mass is 374 g/mol. The molecule has 1 amide bonds. The van der Waals surface area contributed by atoms with Crippen LogP contribution >= 0.6 is 11.6 Å². The zero-order chi connectivity index (χ0) is 17.9. The van der Waals surface area contributed by atoms with E-state index < -0.39 is 0 Å². The molecule has 2 aromatic rings. The lowest BCUT2D eigenvalue weighted by Crippen LogP contribution is -2.51. The van der Waals surface area contributed by atoms with Gasteiger partial charge in [0, 0.05) is 36.1 Å². The lowest BCUT2D eigenvalue weighted by molar-refractivity contribution is -0.137. The quantitative estimate of drug-likeness (QED) is 0.821. The fourth-order valence-corrected chi connectivity index (χ4v) is 3.99. The molecule has 0 saturated carbocycles. The minimum absolute atomic E-state index is 0.311. The van der Waals surface area contributed by atoms with Crippen LogP contribution in [0.5, 0.6) is 0 Å². The number of piperidine rings is 2. The van der Waals surface area contributed by atoms with Gasteiger partial charge in [0.2, 0.25) is 17.7 Å². The highest BCUT2D eigenvalue weighted by molar-refractivity contribution is 6.30. The maximum atomic E-state index is 12.2. The summed E-state index contributed by atoms with van der Waals surface area (Å²) >= 11 is 5.92. The molecule has 1 unspecified atom stereocenters. The van der Waals surface area contributed by atoms with E-state index in [1.165, 1.54) is 0 Å². The van der Waals surface area contributed by atoms with Gasteiger partial charge in [0.1, 0.15) is 0 Å². The molecule has 4 rings (SSSR count). The van der Waals surface area contributed by atoms with E-state index in [9.17, 15) is 4.79 Å². The largest absolute Gasteiger partial charge is 0.419 e. The zero-order valence-corrected chi connectivity index (χ0v) is 15.5. The number of likely N-dealkylation sites (tertiary alicyclic amines) is 2. The van der Waals surface area contributed by atoms with Crippen molar-refractivity contribution in [2.45, 2.75) is 44.7 Å². The van der Waals surface area contributed by atoms with E-state index in [0.717, 1.165) is 50.9 Å². The normalized spacial score (nSPS) is 22.0. The van der Waals surface area contributed by atoms with Crippen molar-refractivity contribution in [1.82, 2.24) is 20.0 Å². The van der Waals surface area contributed by atoms with Gasteiger partial charge in [-0.1, -0.05) is 11.6 Å². The molecule has 6 nitrogen and oxygen atoms in total. The Bertz CT molecular complexity index is 761. The van der Waals surface area contributed by atoms with Gasteiger partial charge < -0.3 is 9.32 Å². The van der Waals surface area contributed by atoms with Crippen molar-refractivity contribution >= 4 is 17.5 Å². The van der Waals surface area contributed by atoms with Crippen LogP contribution < -0.4 is 0 Å². The molecular formula is C19H23ClN4O2. The molecule has 1 aromatic heterocycles. The van der Waals surface area contributed by atoms with Gasteiger partial charge in [0.15, 0.2) is 0 Å². The van der Waals surface area contributed by atoms with Crippen molar-refractivity contribution in [3.8, 4) is 11.5 Å². The predicted octanol–water partition coefficient (Wildman–Crippen LogP) is 3.37. The van der Waals surface area contributed by atoms with E-state index in [-0.39, 0.29) is 0 Å². The number of hydrogen-bond acceptors (Lipinski definition) is 5. The fourth-order valence-electron chi connectivity index (χ4n) is 3.86. The van der Waals surface area contributed by atoms with E-state index in [0.29, 0.717) is 41.7 Å². The van der Waals surface area contributed by atoms with Crippen molar-refractivity contribution in [3.05, 3.63) is 35.2 Å². The number of carbonyl (C=O) groups is 1. The van der Waals surface area contributed by atoms with Crippen LogP contribution in [0.25, 0.3) is 11.5 Å². The smallest absolute Gasteiger partial charge is 0.247 e. The van der Waals surface area contributed by atoms with E-state index in [1.54, 1.807) is 0 Å². The van der Waals surface area contributed by atoms with Crippen LogP contribution in [0.1, 0.15) is 38.0 Å². The summed E-state index contributed by atoms with van der Waals surface area (Å²) in [5.41, 5.74) is 0.864. The van der Waals surface area contributed by atoms with E-state index in [4.69, 9.17) is 16.0 Å². The molecule has 2 aliphatic rings. The van der Waals surface area contributed by atoms with E-state index in [2.05, 4.69) is 20.0 Å². The summed E-state index contributed by atoms with van der Waals surface area (Å²) < 4.78 is 5.83. The molecule has 1 atom stereocenters. The number of amides is 1. The first-order chi connectivity index (χ1) is 12.7. The van der Waals surface area contributed by atoms with Crippen LogP contribution in [0.2, 0.25) is 5.02 Å². The Labute approximate surface area is 158 Å². The van der Waals surface area contributed by atoms with Gasteiger partial charge in [-0.3, -0.25) is 9.69 Å². The lowest BCUT2D eigenvalue weighted by Gasteiger charge is -2.40. The molecule has 138 valence electrons. The molecule has 2 fully saturated rings. The number of aromatic nitrogens is 2. The number of halogens is 1. The van der Waals surface area contributed by atoms with Gasteiger partial charge in [-0.25, -0.2) is 0 Å². The van der Waals surface area contributed by atoms with Crippen molar-refractivity contribution in [3.63, 3.8) is 0 Å². The summed E-state index contributed by atoms with van der Waals surface area (Å²) in [6, 6.07) is 7.68. The number of rotatable bonds is 4. The molecule has 1 aromatic carbocycles. The Morgan fingerprint density at radius 1 is 1.12 bits per heavy atom. The maximum absolute atomic E-state index is 12.2. The van der Waals surface area contributed by atoms with Gasteiger partial charge in [-0.05, 0) is 56.5 Å². The second-order valence-corrected chi connectivity index (χ2v) is 7.52. The fraction of sp³-hybridized carbons (Fsp3) is 0.526. The molecular weight excluding hydrogens is 352 g/mol. The first-order valence-corrected chi connectivity index (χ1v) is 9.67. The summed E-state index contributed by atoms with van der Waals surface area (Å²) in [6.45, 7) is 3.40. The molecule has 0 aliphatic carbocycles. The van der Waals surface area contributed by atoms with Gasteiger partial charge in [0.25, 0.3) is 0 Å². The second-order valence-electron chi connectivity index (χ2n) is 7.08. The SMILES string of the molecule is O=C1CCCCN1C1CCCN(Cc2nnc(-c3ccc(Cl)cc3)o2)C1. The van der Waals surface area contributed by atoms with Gasteiger partial charge in [0.05, 0.1) is 6.54 Å². The Kier molecular flexibility index (Phi) is 5.22. The van der Waals surface area contributed by atoms with Crippen LogP contribution in [-0.2, 0) is 11.3 Å². The number of carbonyl (C=O) groups excluding carboxylic acids is 1. The third-order valence-electron chi connectivity index (χ3n) is 5.20. The van der Waals surface area contributed by atoms with Crippen LogP contribution in [-0.4, -0.2) is 51.6 Å². The Balaban J connectivity index is 1.39. The predicted molar refractivity (Wildman–Crippen MR) is 98.6 cm³/mol. The summed E-state index contributed by atoms with van der Waals surface area (Å²) in [5, 5.41) is 9.02. The molecule has 0 bridgehead atoms. The molecule has 3 heterocycles. The highest BCUT2D eigenvalue weighted by Crippen LogP contribution is 2.24. The Morgan fingerprint density at radius 3 is 2.77 bits per heavy atom. The van der Waals surface area contributed by atoms with Crippen LogP contribution in [0.3, 0.4) is 0 Å². The van der Waals surface area contributed by atoms with E-state index >= 15 is 0 Å². The van der Waals surface area contributed by atoms with Crippen LogP contribution in [0, 0.1) is 0 Å². The van der Waals surface area contributed by atoms with Crippen molar-refractivity contribution in [2.24, 2.45) is 0 Å². The lowest BCUT2D eigenvalue weighted by atomic mass is 10.0. The molecule has 0 N–H and O–H groups in total. The Morgan fingerprint density at radius 2 is 1.96 bits per heavy atom. The van der Waals surface area contributed by atoms with Gasteiger partial charge in [-0.15, -0.1) is 10.2 Å². The van der Waals surface area contributed by atoms with Crippen molar-refractivity contribution < 1.29 is 9.21 Å². The van der Waals surface area contributed by atoms with Crippen molar-refractivity contribution in [1.29, 1.82) is 0 Å². The van der Waals surface area contributed by atoms with Gasteiger partial charge in [-0.2, -0.15) is 0 Å². The number of benzene rings is 1. The number of hydrogen-bond donors (Lipinski definition) is 0. The summed E-state index contributed by atoms with van der Waals surface area (Å²) in [4.78, 5) is 16.6. The maximum Gasteiger partial charge on any atom is 0.247 e. The van der Waals surface area contributed by atoms with Crippen LogP contribution in [0.4, 0.5) is 0 Å². The third-order valence-corrected chi connectivity index (χ3v) is 5.45.